The summed E-state index contributed by atoms with van der Waals surface area (Å²) in [5.41, 5.74) is 9.18. The van der Waals surface area contributed by atoms with Crippen LogP contribution >= 0.6 is 0 Å². The van der Waals surface area contributed by atoms with Crippen LogP contribution in [0.2, 0.25) is 0 Å². The van der Waals surface area contributed by atoms with Crippen molar-refractivity contribution < 1.29 is 4.79 Å². The monoisotopic (exact) mass is 334 g/mol. The van der Waals surface area contributed by atoms with Gasteiger partial charge in [0.15, 0.2) is 0 Å². The van der Waals surface area contributed by atoms with Gasteiger partial charge in [0.1, 0.15) is 5.82 Å². The molecule has 0 spiro atoms. The molecule has 25 heavy (non-hydrogen) atoms. The van der Waals surface area contributed by atoms with Crippen LogP contribution in [0.15, 0.2) is 48.5 Å². The van der Waals surface area contributed by atoms with Crippen LogP contribution in [0.3, 0.4) is 0 Å². The lowest BCUT2D eigenvalue weighted by Gasteiger charge is -2.31. The van der Waals surface area contributed by atoms with Gasteiger partial charge in [-0.05, 0) is 37.1 Å². The van der Waals surface area contributed by atoms with E-state index in [0.29, 0.717) is 0 Å². The van der Waals surface area contributed by atoms with Crippen molar-refractivity contribution in [3.63, 3.8) is 0 Å². The van der Waals surface area contributed by atoms with Gasteiger partial charge in [0.25, 0.3) is 0 Å². The molecule has 0 atom stereocenters. The second kappa shape index (κ2) is 6.33. The Morgan fingerprint density at radius 3 is 2.68 bits per heavy atom. The Bertz CT molecular complexity index is 876. The minimum atomic E-state index is -0.742. The quantitative estimate of drug-likeness (QED) is 0.680. The number of carbonyl (C=O) groups is 1. The van der Waals surface area contributed by atoms with Gasteiger partial charge in [-0.25, -0.2) is 4.98 Å². The van der Waals surface area contributed by atoms with Crippen LogP contribution in [0, 0.1) is 0 Å². The summed E-state index contributed by atoms with van der Waals surface area (Å²) in [4.78, 5) is 20.5. The molecular formula is C20H22N4O. The lowest BCUT2D eigenvalue weighted by molar-refractivity contribution is -0.122. The molecule has 0 saturated heterocycles. The van der Waals surface area contributed by atoms with Gasteiger partial charge in [-0.1, -0.05) is 43.5 Å². The molecule has 1 heterocycles. The Hall–Kier alpha value is -2.66. The van der Waals surface area contributed by atoms with Crippen LogP contribution in [0.25, 0.3) is 22.4 Å². The largest absolute Gasteiger partial charge is 0.338 e. The highest BCUT2D eigenvalue weighted by atomic mass is 16.2. The molecule has 128 valence electrons. The lowest BCUT2D eigenvalue weighted by atomic mass is 9.82. The van der Waals surface area contributed by atoms with Crippen LogP contribution < -0.4 is 11.1 Å². The van der Waals surface area contributed by atoms with Crippen molar-refractivity contribution >= 4 is 22.6 Å². The maximum absolute atomic E-state index is 12.6. The van der Waals surface area contributed by atoms with Crippen molar-refractivity contribution in [3.8, 4) is 11.4 Å². The topological polar surface area (TPSA) is 83.8 Å². The number of aromatic amines is 1. The maximum Gasteiger partial charge on any atom is 0.244 e. The number of fused-ring (bicyclic) bond motifs is 1. The number of imidazole rings is 1. The predicted octanol–water partition coefficient (Wildman–Crippen LogP) is 3.83. The van der Waals surface area contributed by atoms with Gasteiger partial charge in [0.2, 0.25) is 5.91 Å². The summed E-state index contributed by atoms with van der Waals surface area (Å²) in [5.74, 6) is 0.700. The Morgan fingerprint density at radius 1 is 1.08 bits per heavy atom. The standard InChI is InChI=1S/C20H22N4O/c21-20(11-4-1-5-12-20)19(25)22-15-8-6-7-14(13-15)18-23-16-9-2-3-10-17(16)24-18/h2-3,6-10,13H,1,4-5,11-12,21H2,(H,22,25)(H,23,24). The first-order chi connectivity index (χ1) is 12.1. The normalized spacial score (nSPS) is 16.7. The molecule has 1 aliphatic rings. The second-order valence-corrected chi connectivity index (χ2v) is 6.85. The zero-order valence-electron chi connectivity index (χ0n) is 14.1. The number of anilines is 1. The van der Waals surface area contributed by atoms with E-state index in [-0.39, 0.29) is 5.91 Å². The average Bonchev–Trinajstić information content (AvgIpc) is 3.07. The van der Waals surface area contributed by atoms with Gasteiger partial charge in [0.05, 0.1) is 16.6 Å². The molecule has 2 aromatic carbocycles. The summed E-state index contributed by atoms with van der Waals surface area (Å²) in [6, 6.07) is 15.6. The summed E-state index contributed by atoms with van der Waals surface area (Å²) >= 11 is 0. The predicted molar refractivity (Wildman–Crippen MR) is 100 cm³/mol. The van der Waals surface area contributed by atoms with Crippen molar-refractivity contribution in [2.45, 2.75) is 37.6 Å². The van der Waals surface area contributed by atoms with Gasteiger partial charge in [-0.15, -0.1) is 0 Å². The summed E-state index contributed by atoms with van der Waals surface area (Å²) in [7, 11) is 0. The van der Waals surface area contributed by atoms with Crippen LogP contribution in [-0.4, -0.2) is 21.4 Å². The van der Waals surface area contributed by atoms with Crippen molar-refractivity contribution in [1.82, 2.24) is 9.97 Å². The number of nitrogens with two attached hydrogens (primary N) is 1. The molecule has 3 aromatic rings. The van der Waals surface area contributed by atoms with E-state index >= 15 is 0 Å². The van der Waals surface area contributed by atoms with E-state index in [1.807, 2.05) is 48.5 Å². The molecule has 5 heteroatoms. The van der Waals surface area contributed by atoms with Crippen molar-refractivity contribution in [3.05, 3.63) is 48.5 Å². The number of hydrogen-bond acceptors (Lipinski definition) is 3. The Balaban J connectivity index is 1.58. The second-order valence-electron chi connectivity index (χ2n) is 6.85. The summed E-state index contributed by atoms with van der Waals surface area (Å²) in [6.45, 7) is 0. The third-order valence-electron chi connectivity index (χ3n) is 4.98. The average molecular weight is 334 g/mol. The van der Waals surface area contributed by atoms with Crippen LogP contribution in [-0.2, 0) is 4.79 Å². The Kier molecular flexibility index (Phi) is 4.01. The van der Waals surface area contributed by atoms with Gasteiger partial charge in [-0.3, -0.25) is 4.79 Å². The van der Waals surface area contributed by atoms with Crippen LogP contribution in [0.1, 0.15) is 32.1 Å². The van der Waals surface area contributed by atoms with Gasteiger partial charge >= 0.3 is 0 Å². The molecule has 0 unspecified atom stereocenters. The highest BCUT2D eigenvalue weighted by Crippen LogP contribution is 2.28. The fraction of sp³-hybridized carbons (Fsp3) is 0.300. The van der Waals surface area contributed by atoms with E-state index in [0.717, 1.165) is 60.2 Å². The molecule has 5 nitrogen and oxygen atoms in total. The number of amides is 1. The highest BCUT2D eigenvalue weighted by Gasteiger charge is 2.35. The minimum absolute atomic E-state index is 0.0889. The van der Waals surface area contributed by atoms with E-state index < -0.39 is 5.54 Å². The third kappa shape index (κ3) is 3.15. The fourth-order valence-corrected chi connectivity index (χ4v) is 3.50. The van der Waals surface area contributed by atoms with Crippen molar-refractivity contribution in [2.75, 3.05) is 5.32 Å². The summed E-state index contributed by atoms with van der Waals surface area (Å²) in [5, 5.41) is 2.99. The van der Waals surface area contributed by atoms with E-state index in [2.05, 4.69) is 15.3 Å². The van der Waals surface area contributed by atoms with E-state index in [1.54, 1.807) is 0 Å². The number of hydrogen-bond donors (Lipinski definition) is 3. The lowest BCUT2D eigenvalue weighted by Crippen LogP contribution is -2.52. The Morgan fingerprint density at radius 2 is 1.88 bits per heavy atom. The molecule has 4 rings (SSSR count). The molecule has 1 fully saturated rings. The molecule has 1 saturated carbocycles. The molecular weight excluding hydrogens is 312 g/mol. The number of nitrogens with one attached hydrogen (secondary N) is 2. The molecule has 0 bridgehead atoms. The number of rotatable bonds is 3. The SMILES string of the molecule is NC1(C(=O)Nc2cccc(-c3nc4ccccc4[nH]3)c2)CCCCC1. The van der Waals surface area contributed by atoms with E-state index in [4.69, 9.17) is 5.73 Å². The number of para-hydroxylation sites is 2. The molecule has 0 aliphatic heterocycles. The number of aromatic nitrogens is 2. The van der Waals surface area contributed by atoms with E-state index in [9.17, 15) is 4.79 Å². The summed E-state index contributed by atoms with van der Waals surface area (Å²) < 4.78 is 0. The first kappa shape index (κ1) is 15.8. The fourth-order valence-electron chi connectivity index (χ4n) is 3.50. The highest BCUT2D eigenvalue weighted by molar-refractivity contribution is 5.98. The maximum atomic E-state index is 12.6. The minimum Gasteiger partial charge on any atom is -0.338 e. The van der Waals surface area contributed by atoms with Crippen molar-refractivity contribution in [1.29, 1.82) is 0 Å². The smallest absolute Gasteiger partial charge is 0.244 e. The molecule has 1 amide bonds. The van der Waals surface area contributed by atoms with E-state index in [1.165, 1.54) is 0 Å². The zero-order chi connectivity index (χ0) is 17.3. The number of carbonyl (C=O) groups excluding carboxylic acids is 1. The zero-order valence-corrected chi connectivity index (χ0v) is 14.1. The van der Waals surface area contributed by atoms with Crippen LogP contribution in [0.5, 0.6) is 0 Å². The molecule has 1 aliphatic carbocycles. The van der Waals surface area contributed by atoms with Gasteiger partial charge in [0, 0.05) is 11.3 Å². The first-order valence-corrected chi connectivity index (χ1v) is 8.80. The first-order valence-electron chi connectivity index (χ1n) is 8.80. The third-order valence-corrected chi connectivity index (χ3v) is 4.98. The van der Waals surface area contributed by atoms with Crippen molar-refractivity contribution in [2.24, 2.45) is 5.73 Å². The summed E-state index contributed by atoms with van der Waals surface area (Å²) in [6.07, 6.45) is 4.70. The van der Waals surface area contributed by atoms with Gasteiger partial charge in [-0.2, -0.15) is 0 Å². The number of H-pyrrole nitrogens is 1. The van der Waals surface area contributed by atoms with Crippen LogP contribution in [0.4, 0.5) is 5.69 Å². The molecule has 4 N–H and O–H groups in total. The number of benzene rings is 2. The van der Waals surface area contributed by atoms with Gasteiger partial charge < -0.3 is 16.0 Å². The Labute approximate surface area is 146 Å². The molecule has 1 aromatic heterocycles. The molecule has 0 radical (unpaired) electrons. The number of nitrogens with zero attached hydrogens (tertiary/aromatic N) is 1.